The first-order valence-electron chi connectivity index (χ1n) is 5.50. The number of carbonyl (C=O) groups is 1. The predicted octanol–water partition coefficient (Wildman–Crippen LogP) is 0.325. The van der Waals surface area contributed by atoms with Crippen molar-refractivity contribution >= 4 is 5.91 Å². The van der Waals surface area contributed by atoms with E-state index in [2.05, 4.69) is 5.10 Å². The third-order valence-corrected chi connectivity index (χ3v) is 2.78. The van der Waals surface area contributed by atoms with Crippen LogP contribution in [-0.4, -0.2) is 40.2 Å². The molecule has 1 heterocycles. The van der Waals surface area contributed by atoms with Crippen LogP contribution in [0.15, 0.2) is 18.5 Å². The summed E-state index contributed by atoms with van der Waals surface area (Å²) in [4.78, 5) is 13.6. The van der Waals surface area contributed by atoms with E-state index in [1.54, 1.807) is 22.8 Å². The summed E-state index contributed by atoms with van der Waals surface area (Å²) >= 11 is 0. The molecule has 0 spiro atoms. The Morgan fingerprint density at radius 1 is 1.56 bits per heavy atom. The minimum Gasteiger partial charge on any atom is -0.344 e. The Kier molecular flexibility index (Phi) is 4.49. The van der Waals surface area contributed by atoms with Gasteiger partial charge >= 0.3 is 0 Å². The van der Waals surface area contributed by atoms with Crippen molar-refractivity contribution in [3.63, 3.8) is 0 Å². The van der Waals surface area contributed by atoms with Gasteiger partial charge in [-0.1, -0.05) is 6.92 Å². The second-order valence-corrected chi connectivity index (χ2v) is 4.18. The molecule has 90 valence electrons. The maximum Gasteiger partial charge on any atom is 0.226 e. The Hall–Kier alpha value is -1.36. The number of carbonyl (C=O) groups excluding carboxylic acids is 1. The van der Waals surface area contributed by atoms with Gasteiger partial charge in [-0.3, -0.25) is 9.48 Å². The maximum absolute atomic E-state index is 11.9. The van der Waals surface area contributed by atoms with E-state index in [1.807, 2.05) is 26.1 Å². The number of aromatic nitrogens is 2. The van der Waals surface area contributed by atoms with Crippen LogP contribution in [0, 0.1) is 5.92 Å². The molecular formula is C11H20N4O. The van der Waals surface area contributed by atoms with Crippen molar-refractivity contribution < 1.29 is 4.79 Å². The van der Waals surface area contributed by atoms with Crippen LogP contribution in [0.5, 0.6) is 0 Å². The SMILES string of the molecule is CC(N)C(C)C(=O)N(C)CCn1cccn1. The van der Waals surface area contributed by atoms with E-state index < -0.39 is 0 Å². The zero-order valence-corrected chi connectivity index (χ0v) is 10.1. The molecular weight excluding hydrogens is 204 g/mol. The van der Waals surface area contributed by atoms with Gasteiger partial charge in [0.2, 0.25) is 5.91 Å². The van der Waals surface area contributed by atoms with Crippen molar-refractivity contribution in [2.45, 2.75) is 26.4 Å². The molecule has 0 fully saturated rings. The van der Waals surface area contributed by atoms with Crippen LogP contribution in [0.25, 0.3) is 0 Å². The van der Waals surface area contributed by atoms with Crippen molar-refractivity contribution in [3.05, 3.63) is 18.5 Å². The molecule has 0 aromatic carbocycles. The molecule has 16 heavy (non-hydrogen) atoms. The van der Waals surface area contributed by atoms with E-state index in [0.29, 0.717) is 13.1 Å². The second kappa shape index (κ2) is 5.65. The highest BCUT2D eigenvalue weighted by atomic mass is 16.2. The van der Waals surface area contributed by atoms with E-state index in [-0.39, 0.29) is 17.9 Å². The molecule has 1 rings (SSSR count). The van der Waals surface area contributed by atoms with Crippen molar-refractivity contribution in [1.82, 2.24) is 14.7 Å². The third-order valence-electron chi connectivity index (χ3n) is 2.78. The highest BCUT2D eigenvalue weighted by Crippen LogP contribution is 2.04. The first kappa shape index (κ1) is 12.7. The van der Waals surface area contributed by atoms with Gasteiger partial charge in [0.05, 0.1) is 12.5 Å². The first-order chi connectivity index (χ1) is 7.52. The lowest BCUT2D eigenvalue weighted by atomic mass is 10.0. The average molecular weight is 224 g/mol. The molecule has 5 heteroatoms. The number of likely N-dealkylation sites (N-methyl/N-ethyl adjacent to an activating group) is 1. The highest BCUT2D eigenvalue weighted by molar-refractivity contribution is 5.78. The van der Waals surface area contributed by atoms with Crippen molar-refractivity contribution in [3.8, 4) is 0 Å². The predicted molar refractivity (Wildman–Crippen MR) is 62.7 cm³/mol. The molecule has 2 N–H and O–H groups in total. The Balaban J connectivity index is 2.40. The fourth-order valence-electron chi connectivity index (χ4n) is 1.37. The van der Waals surface area contributed by atoms with Crippen LogP contribution < -0.4 is 5.73 Å². The van der Waals surface area contributed by atoms with Gasteiger partial charge in [0, 0.05) is 32.0 Å². The van der Waals surface area contributed by atoms with Crippen LogP contribution in [-0.2, 0) is 11.3 Å². The topological polar surface area (TPSA) is 64.2 Å². The van der Waals surface area contributed by atoms with Crippen LogP contribution in [0.4, 0.5) is 0 Å². The van der Waals surface area contributed by atoms with E-state index in [1.165, 1.54) is 0 Å². The lowest BCUT2D eigenvalue weighted by Gasteiger charge is -2.23. The molecule has 0 radical (unpaired) electrons. The zero-order valence-electron chi connectivity index (χ0n) is 10.1. The summed E-state index contributed by atoms with van der Waals surface area (Å²) in [7, 11) is 1.80. The van der Waals surface area contributed by atoms with Gasteiger partial charge in [0.15, 0.2) is 0 Å². The molecule has 2 unspecified atom stereocenters. The quantitative estimate of drug-likeness (QED) is 0.783. The fraction of sp³-hybridized carbons (Fsp3) is 0.636. The number of amides is 1. The number of nitrogens with two attached hydrogens (primary N) is 1. The number of rotatable bonds is 5. The first-order valence-corrected chi connectivity index (χ1v) is 5.50. The molecule has 1 aromatic rings. The smallest absolute Gasteiger partial charge is 0.226 e. The van der Waals surface area contributed by atoms with Crippen molar-refractivity contribution in [2.75, 3.05) is 13.6 Å². The minimum atomic E-state index is -0.136. The molecule has 0 saturated carbocycles. The maximum atomic E-state index is 11.9. The lowest BCUT2D eigenvalue weighted by Crippen LogP contribution is -2.40. The van der Waals surface area contributed by atoms with Crippen molar-refractivity contribution in [2.24, 2.45) is 11.7 Å². The molecule has 2 atom stereocenters. The summed E-state index contributed by atoms with van der Waals surface area (Å²) < 4.78 is 1.81. The summed E-state index contributed by atoms with van der Waals surface area (Å²) in [5.41, 5.74) is 5.70. The van der Waals surface area contributed by atoms with Gasteiger partial charge in [0.1, 0.15) is 0 Å². The Morgan fingerprint density at radius 3 is 2.75 bits per heavy atom. The number of hydrogen-bond acceptors (Lipinski definition) is 3. The monoisotopic (exact) mass is 224 g/mol. The summed E-state index contributed by atoms with van der Waals surface area (Å²) in [6.45, 7) is 5.07. The largest absolute Gasteiger partial charge is 0.344 e. The van der Waals surface area contributed by atoms with Crippen LogP contribution in [0.2, 0.25) is 0 Å². The van der Waals surface area contributed by atoms with Crippen LogP contribution in [0.3, 0.4) is 0 Å². The van der Waals surface area contributed by atoms with Crippen LogP contribution in [0.1, 0.15) is 13.8 Å². The number of hydrogen-bond donors (Lipinski definition) is 1. The lowest BCUT2D eigenvalue weighted by molar-refractivity contribution is -0.134. The zero-order chi connectivity index (χ0) is 12.1. The molecule has 0 aliphatic carbocycles. The van der Waals surface area contributed by atoms with Gasteiger partial charge in [0.25, 0.3) is 0 Å². The van der Waals surface area contributed by atoms with E-state index in [0.717, 1.165) is 0 Å². The van der Waals surface area contributed by atoms with Crippen molar-refractivity contribution in [1.29, 1.82) is 0 Å². The Labute approximate surface area is 96.2 Å². The molecule has 0 saturated heterocycles. The summed E-state index contributed by atoms with van der Waals surface area (Å²) in [6.07, 6.45) is 3.61. The average Bonchev–Trinajstić information content (AvgIpc) is 2.76. The standard InChI is InChI=1S/C11H20N4O/c1-9(10(2)12)11(16)14(3)7-8-15-6-4-5-13-15/h4-6,9-10H,7-8,12H2,1-3H3. The van der Waals surface area contributed by atoms with E-state index in [9.17, 15) is 4.79 Å². The molecule has 0 aliphatic rings. The third kappa shape index (κ3) is 3.34. The Morgan fingerprint density at radius 2 is 2.25 bits per heavy atom. The van der Waals surface area contributed by atoms with Crippen LogP contribution >= 0.6 is 0 Å². The van der Waals surface area contributed by atoms with Gasteiger partial charge < -0.3 is 10.6 Å². The Bertz CT molecular complexity index is 321. The molecule has 0 bridgehead atoms. The van der Waals surface area contributed by atoms with Gasteiger partial charge in [-0.2, -0.15) is 5.10 Å². The van der Waals surface area contributed by atoms with Gasteiger partial charge in [-0.25, -0.2) is 0 Å². The fourth-order valence-corrected chi connectivity index (χ4v) is 1.37. The molecule has 0 aliphatic heterocycles. The van der Waals surface area contributed by atoms with Gasteiger partial charge in [-0.15, -0.1) is 0 Å². The summed E-state index contributed by atoms with van der Waals surface area (Å²) in [5.74, 6) is -0.0511. The number of nitrogens with zero attached hydrogens (tertiary/aromatic N) is 3. The normalized spacial score (nSPS) is 14.5. The summed E-state index contributed by atoms with van der Waals surface area (Å²) in [6, 6.07) is 1.76. The highest BCUT2D eigenvalue weighted by Gasteiger charge is 2.20. The molecule has 5 nitrogen and oxygen atoms in total. The van der Waals surface area contributed by atoms with E-state index in [4.69, 9.17) is 5.73 Å². The van der Waals surface area contributed by atoms with E-state index >= 15 is 0 Å². The molecule has 1 aromatic heterocycles. The molecule has 1 amide bonds. The van der Waals surface area contributed by atoms with Gasteiger partial charge in [-0.05, 0) is 13.0 Å². The summed E-state index contributed by atoms with van der Waals surface area (Å²) in [5, 5.41) is 4.08. The minimum absolute atomic E-state index is 0.0853. The second-order valence-electron chi connectivity index (χ2n) is 4.18.